The third-order valence-corrected chi connectivity index (χ3v) is 4.52. The van der Waals surface area contributed by atoms with Gasteiger partial charge in [0.1, 0.15) is 6.07 Å². The van der Waals surface area contributed by atoms with Crippen LogP contribution in [-0.4, -0.2) is 42.1 Å². The van der Waals surface area contributed by atoms with E-state index in [0.29, 0.717) is 37.3 Å². The molecule has 1 N–H and O–H groups in total. The lowest BCUT2D eigenvalue weighted by Crippen LogP contribution is -2.51. The van der Waals surface area contributed by atoms with E-state index in [2.05, 4.69) is 11.0 Å². The predicted octanol–water partition coefficient (Wildman–Crippen LogP) is 2.33. The van der Waals surface area contributed by atoms with E-state index in [-0.39, 0.29) is 5.91 Å². The first-order valence-corrected chi connectivity index (χ1v) is 8.44. The molecule has 25 heavy (non-hydrogen) atoms. The summed E-state index contributed by atoms with van der Waals surface area (Å²) in [5, 5.41) is 19.5. The molecule has 2 aromatic carbocycles. The molecule has 0 aliphatic carbocycles. The Labute approximate surface area is 147 Å². The molecule has 1 aliphatic heterocycles. The van der Waals surface area contributed by atoms with Crippen molar-refractivity contribution in [3.63, 3.8) is 0 Å². The number of piperazine rings is 1. The highest BCUT2D eigenvalue weighted by atomic mass is 16.3. The van der Waals surface area contributed by atoms with E-state index in [1.807, 2.05) is 42.5 Å². The minimum Gasteiger partial charge on any atom is -0.388 e. The lowest BCUT2D eigenvalue weighted by molar-refractivity contribution is -0.121. The molecule has 1 aliphatic rings. The normalized spacial score (nSPS) is 16.5. The quantitative estimate of drug-likeness (QED) is 0.911. The second-order valence-electron chi connectivity index (χ2n) is 6.17. The molecule has 0 saturated carbocycles. The van der Waals surface area contributed by atoms with Gasteiger partial charge in [-0.15, -0.1) is 0 Å². The molecule has 128 valence electrons. The van der Waals surface area contributed by atoms with E-state index in [1.54, 1.807) is 17.0 Å². The summed E-state index contributed by atoms with van der Waals surface area (Å²) >= 11 is 0. The molecule has 3 rings (SSSR count). The first kappa shape index (κ1) is 17.2. The number of aliphatic hydroxyl groups is 1. The van der Waals surface area contributed by atoms with Gasteiger partial charge in [-0.05, 0) is 24.1 Å². The van der Waals surface area contributed by atoms with Crippen molar-refractivity contribution in [1.82, 2.24) is 4.90 Å². The van der Waals surface area contributed by atoms with Gasteiger partial charge in [0.2, 0.25) is 5.91 Å². The maximum atomic E-state index is 12.5. The van der Waals surface area contributed by atoms with Crippen molar-refractivity contribution in [3.05, 3.63) is 65.7 Å². The molecule has 0 spiro atoms. The lowest BCUT2D eigenvalue weighted by atomic mass is 10.1. The molecule has 1 fully saturated rings. The van der Waals surface area contributed by atoms with Gasteiger partial charge in [-0.3, -0.25) is 9.69 Å². The van der Waals surface area contributed by atoms with Gasteiger partial charge in [-0.2, -0.15) is 5.26 Å². The number of hydrogen-bond acceptors (Lipinski definition) is 4. The summed E-state index contributed by atoms with van der Waals surface area (Å²) in [6.07, 6.45) is 0.0696. The molecular weight excluding hydrogens is 314 g/mol. The Morgan fingerprint density at radius 1 is 1.08 bits per heavy atom. The van der Waals surface area contributed by atoms with Crippen LogP contribution in [0.15, 0.2) is 54.6 Å². The summed E-state index contributed by atoms with van der Waals surface area (Å²) in [5.74, 6) is -0.0110. The highest BCUT2D eigenvalue weighted by molar-refractivity contribution is 5.96. The van der Waals surface area contributed by atoms with Crippen LogP contribution in [0.25, 0.3) is 0 Å². The molecule has 1 amide bonds. The van der Waals surface area contributed by atoms with Crippen LogP contribution in [0.3, 0.4) is 0 Å². The number of amides is 1. The van der Waals surface area contributed by atoms with Crippen molar-refractivity contribution in [2.24, 2.45) is 0 Å². The Kier molecular flexibility index (Phi) is 5.44. The van der Waals surface area contributed by atoms with Crippen LogP contribution in [0.2, 0.25) is 0 Å². The monoisotopic (exact) mass is 335 g/mol. The second-order valence-corrected chi connectivity index (χ2v) is 6.17. The van der Waals surface area contributed by atoms with Gasteiger partial charge in [0.05, 0.1) is 23.9 Å². The van der Waals surface area contributed by atoms with Crippen LogP contribution in [0, 0.1) is 11.3 Å². The Bertz CT molecular complexity index is 770. The van der Waals surface area contributed by atoms with Crippen LogP contribution in [-0.2, 0) is 4.79 Å². The summed E-state index contributed by atoms with van der Waals surface area (Å²) < 4.78 is 0. The van der Waals surface area contributed by atoms with Gasteiger partial charge in [0.15, 0.2) is 0 Å². The van der Waals surface area contributed by atoms with Gasteiger partial charge >= 0.3 is 0 Å². The Morgan fingerprint density at radius 3 is 2.52 bits per heavy atom. The maximum Gasteiger partial charge on any atom is 0.241 e. The average Bonchev–Trinajstić information content (AvgIpc) is 2.67. The Balaban J connectivity index is 1.57. The first-order chi connectivity index (χ1) is 12.2. The Hall–Kier alpha value is -2.68. The predicted molar refractivity (Wildman–Crippen MR) is 96.0 cm³/mol. The maximum absolute atomic E-state index is 12.5. The second kappa shape index (κ2) is 7.93. The number of benzene rings is 2. The fourth-order valence-electron chi connectivity index (χ4n) is 3.12. The highest BCUT2D eigenvalue weighted by Gasteiger charge is 2.26. The number of nitriles is 1. The van der Waals surface area contributed by atoms with Crippen LogP contribution in [0.5, 0.6) is 0 Å². The van der Waals surface area contributed by atoms with E-state index in [9.17, 15) is 15.2 Å². The van der Waals surface area contributed by atoms with Gasteiger partial charge < -0.3 is 10.0 Å². The van der Waals surface area contributed by atoms with Gasteiger partial charge in [-0.25, -0.2) is 0 Å². The zero-order chi connectivity index (χ0) is 17.6. The summed E-state index contributed by atoms with van der Waals surface area (Å²) in [7, 11) is 0. The molecule has 1 saturated heterocycles. The summed E-state index contributed by atoms with van der Waals surface area (Å²) in [6.45, 7) is 2.25. The summed E-state index contributed by atoms with van der Waals surface area (Å²) in [4.78, 5) is 16.2. The number of hydrogen-bond donors (Lipinski definition) is 1. The molecule has 5 nitrogen and oxygen atoms in total. The number of aliphatic hydroxyl groups excluding tert-OH is 1. The van der Waals surface area contributed by atoms with Crippen molar-refractivity contribution in [3.8, 4) is 6.07 Å². The minimum atomic E-state index is -0.520. The van der Waals surface area contributed by atoms with Crippen molar-refractivity contribution in [2.45, 2.75) is 12.5 Å². The van der Waals surface area contributed by atoms with Crippen LogP contribution in [0.4, 0.5) is 5.69 Å². The average molecular weight is 335 g/mol. The first-order valence-electron chi connectivity index (χ1n) is 8.44. The Morgan fingerprint density at radius 2 is 1.80 bits per heavy atom. The number of carbonyl (C=O) groups excluding carboxylic acids is 1. The molecule has 1 heterocycles. The zero-order valence-corrected chi connectivity index (χ0v) is 14.0. The molecular formula is C20H21N3O2. The van der Waals surface area contributed by atoms with Crippen molar-refractivity contribution < 1.29 is 9.90 Å². The zero-order valence-electron chi connectivity index (χ0n) is 14.0. The third kappa shape index (κ3) is 4.05. The van der Waals surface area contributed by atoms with E-state index < -0.39 is 6.10 Å². The minimum absolute atomic E-state index is 0.0110. The summed E-state index contributed by atoms with van der Waals surface area (Å²) in [5.41, 5.74) is 2.10. The van der Waals surface area contributed by atoms with E-state index in [1.165, 1.54) is 0 Å². The van der Waals surface area contributed by atoms with Crippen molar-refractivity contribution in [2.75, 3.05) is 31.1 Å². The van der Waals surface area contributed by atoms with Crippen molar-refractivity contribution in [1.29, 1.82) is 5.26 Å². The largest absolute Gasteiger partial charge is 0.388 e. The fraction of sp³-hybridized carbons (Fsp3) is 0.300. The number of para-hydroxylation sites is 1. The molecule has 0 bridgehead atoms. The number of anilines is 1. The topological polar surface area (TPSA) is 67.6 Å². The van der Waals surface area contributed by atoms with E-state index in [4.69, 9.17) is 0 Å². The van der Waals surface area contributed by atoms with Gasteiger partial charge in [0, 0.05) is 19.6 Å². The molecule has 0 unspecified atom stereocenters. The molecule has 5 heteroatoms. The van der Waals surface area contributed by atoms with E-state index >= 15 is 0 Å². The van der Waals surface area contributed by atoms with Gasteiger partial charge in [0.25, 0.3) is 0 Å². The fourth-order valence-corrected chi connectivity index (χ4v) is 3.12. The number of nitrogens with zero attached hydrogens (tertiary/aromatic N) is 3. The molecule has 0 aromatic heterocycles. The smallest absolute Gasteiger partial charge is 0.241 e. The lowest BCUT2D eigenvalue weighted by Gasteiger charge is -2.35. The van der Waals surface area contributed by atoms with E-state index in [0.717, 1.165) is 12.1 Å². The third-order valence-electron chi connectivity index (χ3n) is 4.52. The number of carbonyl (C=O) groups is 1. The standard InChI is InChI=1S/C20H21N3O2/c21-14-17-8-4-5-9-18(17)23-13-12-22(15-20(23)25)11-10-19(24)16-6-2-1-3-7-16/h1-9,19,24H,10-13,15H2/t19-/m0/s1. The van der Waals surface area contributed by atoms with Crippen LogP contribution >= 0.6 is 0 Å². The van der Waals surface area contributed by atoms with Crippen molar-refractivity contribution >= 4 is 11.6 Å². The van der Waals surface area contributed by atoms with Gasteiger partial charge in [-0.1, -0.05) is 42.5 Å². The highest BCUT2D eigenvalue weighted by Crippen LogP contribution is 2.22. The number of rotatable bonds is 5. The van der Waals surface area contributed by atoms with Crippen LogP contribution < -0.4 is 4.90 Å². The summed E-state index contributed by atoms with van der Waals surface area (Å²) in [6, 6.07) is 18.9. The molecule has 0 radical (unpaired) electrons. The molecule has 2 aromatic rings. The molecule has 1 atom stereocenters. The van der Waals surface area contributed by atoms with Crippen LogP contribution in [0.1, 0.15) is 23.7 Å². The SMILES string of the molecule is N#Cc1ccccc1N1CCN(CC[C@H](O)c2ccccc2)CC1=O.